The highest BCUT2D eigenvalue weighted by Crippen LogP contribution is 2.25. The van der Waals surface area contributed by atoms with Crippen molar-refractivity contribution in [2.45, 2.75) is 6.11 Å². The van der Waals surface area contributed by atoms with Gasteiger partial charge in [0.1, 0.15) is 0 Å². The molecule has 0 unspecified atom stereocenters. The fourth-order valence-corrected chi connectivity index (χ4v) is 1.24. The van der Waals surface area contributed by atoms with Gasteiger partial charge in [0.25, 0.3) is 0 Å². The zero-order valence-corrected chi connectivity index (χ0v) is 7.11. The molecule has 14 heavy (non-hydrogen) atoms. The molecule has 2 nitrogen and oxygen atoms in total. The number of hydrogen-bond donors (Lipinski definition) is 1. The predicted molar refractivity (Wildman–Crippen MR) is 47.9 cm³/mol. The van der Waals surface area contributed by atoms with E-state index >= 15 is 0 Å². The van der Waals surface area contributed by atoms with E-state index in [1.165, 1.54) is 6.07 Å². The molecule has 0 saturated heterocycles. The van der Waals surface area contributed by atoms with E-state index in [0.29, 0.717) is 10.9 Å². The van der Waals surface area contributed by atoms with Crippen LogP contribution in [0.5, 0.6) is 0 Å². The van der Waals surface area contributed by atoms with Crippen molar-refractivity contribution >= 4 is 10.9 Å². The molecular formula is C10H7F2NO. The molecule has 0 spiro atoms. The van der Waals surface area contributed by atoms with Crippen molar-refractivity contribution in [2.75, 3.05) is 0 Å². The van der Waals surface area contributed by atoms with Crippen molar-refractivity contribution in [2.24, 2.45) is 0 Å². The summed E-state index contributed by atoms with van der Waals surface area (Å²) < 4.78 is 25.0. The van der Waals surface area contributed by atoms with Crippen LogP contribution in [-0.4, -0.2) is 10.1 Å². The van der Waals surface area contributed by atoms with E-state index in [9.17, 15) is 8.78 Å². The van der Waals surface area contributed by atoms with Gasteiger partial charge < -0.3 is 5.11 Å². The van der Waals surface area contributed by atoms with E-state index in [-0.39, 0.29) is 0 Å². The van der Waals surface area contributed by atoms with E-state index < -0.39 is 11.7 Å². The first-order chi connectivity index (χ1) is 6.57. The van der Waals surface area contributed by atoms with Crippen LogP contribution in [0.25, 0.3) is 10.9 Å². The molecule has 1 aromatic carbocycles. The minimum atomic E-state index is -3.82. The Labute approximate surface area is 78.8 Å². The second-order valence-electron chi connectivity index (χ2n) is 2.96. The van der Waals surface area contributed by atoms with Gasteiger partial charge in [-0.15, -0.1) is 0 Å². The number of aliphatic hydroxyl groups is 1. The zero-order chi connectivity index (χ0) is 10.2. The number of pyridine rings is 1. The Kier molecular flexibility index (Phi) is 1.93. The van der Waals surface area contributed by atoms with Crippen molar-refractivity contribution in [3.8, 4) is 0 Å². The molecule has 0 aliphatic rings. The van der Waals surface area contributed by atoms with Crippen LogP contribution in [0, 0.1) is 0 Å². The van der Waals surface area contributed by atoms with Gasteiger partial charge in [0.2, 0.25) is 0 Å². The van der Waals surface area contributed by atoms with Gasteiger partial charge >= 0.3 is 6.11 Å². The quantitative estimate of drug-likeness (QED) is 0.757. The first-order valence-electron chi connectivity index (χ1n) is 4.03. The lowest BCUT2D eigenvalue weighted by atomic mass is 10.1. The summed E-state index contributed by atoms with van der Waals surface area (Å²) in [7, 11) is 0. The van der Waals surface area contributed by atoms with Crippen LogP contribution in [-0.2, 0) is 6.11 Å². The van der Waals surface area contributed by atoms with Crippen molar-refractivity contribution in [3.05, 3.63) is 42.1 Å². The number of halogens is 2. The summed E-state index contributed by atoms with van der Waals surface area (Å²) in [6, 6.07) is 8.10. The van der Waals surface area contributed by atoms with Gasteiger partial charge in [-0.2, -0.15) is 8.78 Å². The number of aromatic nitrogens is 1. The molecule has 0 aliphatic carbocycles. The van der Waals surface area contributed by atoms with Crippen LogP contribution >= 0.6 is 0 Å². The minimum absolute atomic E-state index is 0.490. The van der Waals surface area contributed by atoms with Crippen LogP contribution in [0.3, 0.4) is 0 Å². The number of benzene rings is 1. The highest BCUT2D eigenvalue weighted by molar-refractivity contribution is 5.78. The normalized spacial score (nSPS) is 11.9. The van der Waals surface area contributed by atoms with Crippen molar-refractivity contribution in [1.29, 1.82) is 0 Å². The molecular weight excluding hydrogens is 188 g/mol. The number of rotatable bonds is 1. The maximum absolute atomic E-state index is 12.5. The van der Waals surface area contributed by atoms with Crippen LogP contribution in [0.15, 0.2) is 36.5 Å². The number of alkyl halides is 2. The van der Waals surface area contributed by atoms with Gasteiger partial charge in [-0.1, -0.05) is 18.2 Å². The van der Waals surface area contributed by atoms with Crippen molar-refractivity contribution < 1.29 is 13.9 Å². The second-order valence-corrected chi connectivity index (χ2v) is 2.96. The van der Waals surface area contributed by atoms with E-state index in [0.717, 1.165) is 6.20 Å². The van der Waals surface area contributed by atoms with Crippen LogP contribution in [0.1, 0.15) is 5.56 Å². The SMILES string of the molecule is OC(F)(F)c1cnc2ccccc2c1. The molecule has 72 valence electrons. The summed E-state index contributed by atoms with van der Waals surface area (Å²) in [5.74, 6) is 0. The summed E-state index contributed by atoms with van der Waals surface area (Å²) in [5, 5.41) is 9.06. The van der Waals surface area contributed by atoms with Gasteiger partial charge in [0.05, 0.1) is 11.1 Å². The Balaban J connectivity index is 2.63. The van der Waals surface area contributed by atoms with E-state index in [2.05, 4.69) is 4.98 Å². The third kappa shape index (κ3) is 1.56. The lowest BCUT2D eigenvalue weighted by Gasteiger charge is -2.08. The molecule has 2 rings (SSSR count). The van der Waals surface area contributed by atoms with Gasteiger partial charge in [-0.25, -0.2) is 0 Å². The maximum Gasteiger partial charge on any atom is 0.382 e. The first kappa shape index (κ1) is 9.02. The van der Waals surface area contributed by atoms with Crippen LogP contribution in [0.2, 0.25) is 0 Å². The van der Waals surface area contributed by atoms with E-state index in [4.69, 9.17) is 5.11 Å². The molecule has 0 radical (unpaired) electrons. The third-order valence-electron chi connectivity index (χ3n) is 1.94. The van der Waals surface area contributed by atoms with Gasteiger partial charge in [-0.3, -0.25) is 4.98 Å². The van der Waals surface area contributed by atoms with Gasteiger partial charge in [0, 0.05) is 11.6 Å². The maximum atomic E-state index is 12.5. The Hall–Kier alpha value is -1.55. The second kappa shape index (κ2) is 2.99. The Bertz CT molecular complexity index is 465. The van der Waals surface area contributed by atoms with Crippen molar-refractivity contribution in [1.82, 2.24) is 4.98 Å². The molecule has 1 heterocycles. The van der Waals surface area contributed by atoms with E-state index in [1.807, 2.05) is 0 Å². The average Bonchev–Trinajstić information content (AvgIpc) is 2.16. The minimum Gasteiger partial charge on any atom is -0.332 e. The van der Waals surface area contributed by atoms with E-state index in [1.54, 1.807) is 24.3 Å². The fraction of sp³-hybridized carbons (Fsp3) is 0.100. The van der Waals surface area contributed by atoms with Crippen LogP contribution in [0.4, 0.5) is 8.78 Å². The number of fused-ring (bicyclic) bond motifs is 1. The summed E-state index contributed by atoms with van der Waals surface area (Å²) in [6.45, 7) is 0. The first-order valence-corrected chi connectivity index (χ1v) is 4.03. The molecule has 0 saturated carbocycles. The smallest absolute Gasteiger partial charge is 0.332 e. The molecule has 2 aromatic rings. The number of hydrogen-bond acceptors (Lipinski definition) is 2. The Morgan fingerprint density at radius 1 is 1.21 bits per heavy atom. The van der Waals surface area contributed by atoms with Crippen molar-refractivity contribution in [3.63, 3.8) is 0 Å². The number of para-hydroxylation sites is 1. The molecule has 1 N–H and O–H groups in total. The average molecular weight is 195 g/mol. The molecule has 1 aromatic heterocycles. The summed E-state index contributed by atoms with van der Waals surface area (Å²) in [5.41, 5.74) is 0.136. The van der Waals surface area contributed by atoms with Gasteiger partial charge in [0.15, 0.2) is 0 Å². The topological polar surface area (TPSA) is 33.1 Å². The predicted octanol–water partition coefficient (Wildman–Crippen LogP) is 2.28. The monoisotopic (exact) mass is 195 g/mol. The fourth-order valence-electron chi connectivity index (χ4n) is 1.24. The summed E-state index contributed by atoms with van der Waals surface area (Å²) in [4.78, 5) is 3.81. The van der Waals surface area contributed by atoms with Gasteiger partial charge in [-0.05, 0) is 12.1 Å². The number of nitrogens with zero attached hydrogens (tertiary/aromatic N) is 1. The summed E-state index contributed by atoms with van der Waals surface area (Å²) in [6.07, 6.45) is -2.85. The highest BCUT2D eigenvalue weighted by atomic mass is 19.3. The highest BCUT2D eigenvalue weighted by Gasteiger charge is 2.27. The third-order valence-corrected chi connectivity index (χ3v) is 1.94. The molecule has 0 bridgehead atoms. The molecule has 0 aliphatic heterocycles. The standard InChI is InChI=1S/C10H7F2NO/c11-10(12,14)8-5-7-3-1-2-4-9(7)13-6-8/h1-6,14H. The molecule has 0 atom stereocenters. The molecule has 0 fully saturated rings. The lowest BCUT2D eigenvalue weighted by molar-refractivity contribution is -0.208. The lowest BCUT2D eigenvalue weighted by Crippen LogP contribution is -2.11. The largest absolute Gasteiger partial charge is 0.382 e. The molecule has 0 amide bonds. The Morgan fingerprint density at radius 2 is 1.93 bits per heavy atom. The zero-order valence-electron chi connectivity index (χ0n) is 7.11. The molecule has 4 heteroatoms. The van der Waals surface area contributed by atoms with Crippen LogP contribution < -0.4 is 0 Å². The summed E-state index contributed by atoms with van der Waals surface area (Å²) >= 11 is 0. The Morgan fingerprint density at radius 3 is 2.64 bits per heavy atom.